The summed E-state index contributed by atoms with van der Waals surface area (Å²) in [5.74, 6) is -1.02. The van der Waals surface area contributed by atoms with Crippen LogP contribution in [0, 0.1) is 5.82 Å². The fraction of sp³-hybridized carbons (Fsp3) is 0. The number of pyridine rings is 1. The SMILES string of the molecule is O=C1c2ccncc2C(=O)c2c1[nH]c1ccc(F)cc21. The fourth-order valence-electron chi connectivity index (χ4n) is 2.61. The van der Waals surface area contributed by atoms with E-state index in [0.29, 0.717) is 16.5 Å². The van der Waals surface area contributed by atoms with Crippen LogP contribution in [0.4, 0.5) is 4.39 Å². The summed E-state index contributed by atoms with van der Waals surface area (Å²) in [6.07, 6.45) is 2.84. The molecule has 0 saturated carbocycles. The predicted octanol–water partition coefficient (Wildman–Crippen LogP) is 2.48. The van der Waals surface area contributed by atoms with Crippen molar-refractivity contribution in [2.24, 2.45) is 0 Å². The van der Waals surface area contributed by atoms with Gasteiger partial charge < -0.3 is 4.98 Å². The van der Waals surface area contributed by atoms with E-state index in [2.05, 4.69) is 9.97 Å². The van der Waals surface area contributed by atoms with Crippen molar-refractivity contribution in [2.75, 3.05) is 0 Å². The number of hydrogen-bond donors (Lipinski definition) is 1. The minimum absolute atomic E-state index is 0.217. The van der Waals surface area contributed by atoms with Gasteiger partial charge in [-0.15, -0.1) is 0 Å². The maximum Gasteiger partial charge on any atom is 0.210 e. The van der Waals surface area contributed by atoms with Gasteiger partial charge in [0.1, 0.15) is 5.82 Å². The first-order valence-corrected chi connectivity index (χ1v) is 6.01. The molecule has 0 unspecified atom stereocenters. The molecule has 0 saturated heterocycles. The van der Waals surface area contributed by atoms with E-state index < -0.39 is 5.82 Å². The maximum absolute atomic E-state index is 13.4. The largest absolute Gasteiger partial charge is 0.351 e. The Morgan fingerprint density at radius 1 is 1.05 bits per heavy atom. The van der Waals surface area contributed by atoms with Crippen molar-refractivity contribution in [3.63, 3.8) is 0 Å². The summed E-state index contributed by atoms with van der Waals surface area (Å²) in [7, 11) is 0. The first kappa shape index (κ1) is 11.0. The number of fused-ring (bicyclic) bond motifs is 4. The number of rotatable bonds is 0. The average Bonchev–Trinajstić information content (AvgIpc) is 2.84. The van der Waals surface area contributed by atoms with Crippen LogP contribution in [0.3, 0.4) is 0 Å². The normalized spacial score (nSPS) is 13.4. The van der Waals surface area contributed by atoms with Crippen molar-refractivity contribution in [3.05, 3.63) is 64.9 Å². The minimum Gasteiger partial charge on any atom is -0.351 e. The number of carbonyl (C=O) groups is 2. The van der Waals surface area contributed by atoms with Gasteiger partial charge in [-0.3, -0.25) is 14.6 Å². The van der Waals surface area contributed by atoms with Gasteiger partial charge in [-0.05, 0) is 24.3 Å². The summed E-state index contributed by atoms with van der Waals surface area (Å²) in [5, 5.41) is 0.424. The second kappa shape index (κ2) is 3.60. The third-order valence-electron chi connectivity index (χ3n) is 3.53. The molecule has 0 atom stereocenters. The molecule has 3 aromatic rings. The molecule has 96 valence electrons. The summed E-state index contributed by atoms with van der Waals surface area (Å²) in [6.45, 7) is 0. The zero-order valence-electron chi connectivity index (χ0n) is 10.1. The molecule has 1 aliphatic carbocycles. The van der Waals surface area contributed by atoms with Crippen LogP contribution in [0.1, 0.15) is 32.0 Å². The van der Waals surface area contributed by atoms with Gasteiger partial charge in [0.2, 0.25) is 5.78 Å². The summed E-state index contributed by atoms with van der Waals surface area (Å²) in [5.41, 5.74) is 1.60. The first-order valence-electron chi connectivity index (χ1n) is 6.01. The smallest absolute Gasteiger partial charge is 0.210 e. The number of hydrogen-bond acceptors (Lipinski definition) is 3. The van der Waals surface area contributed by atoms with E-state index in [-0.39, 0.29) is 28.4 Å². The fourth-order valence-corrected chi connectivity index (χ4v) is 2.61. The standard InChI is InChI=1S/C15H7FN2O2/c16-7-1-2-11-9(5-7)12-13(18-11)15(20)8-3-4-17-6-10(8)14(12)19/h1-6,18H. The van der Waals surface area contributed by atoms with Crippen LogP contribution < -0.4 is 0 Å². The van der Waals surface area contributed by atoms with Gasteiger partial charge in [0, 0.05) is 28.9 Å². The first-order chi connectivity index (χ1) is 9.66. The molecule has 2 aromatic heterocycles. The lowest BCUT2D eigenvalue weighted by molar-refractivity contribution is 0.0977. The van der Waals surface area contributed by atoms with Crippen LogP contribution >= 0.6 is 0 Å². The highest BCUT2D eigenvalue weighted by Gasteiger charge is 2.33. The van der Waals surface area contributed by atoms with Gasteiger partial charge in [0.15, 0.2) is 5.78 Å². The highest BCUT2D eigenvalue weighted by Crippen LogP contribution is 2.32. The quantitative estimate of drug-likeness (QED) is 0.532. The molecule has 0 amide bonds. The van der Waals surface area contributed by atoms with Gasteiger partial charge in [-0.25, -0.2) is 4.39 Å². The molecule has 0 fully saturated rings. The van der Waals surface area contributed by atoms with Crippen molar-refractivity contribution in [3.8, 4) is 0 Å². The molecule has 1 aromatic carbocycles. The van der Waals surface area contributed by atoms with E-state index in [1.807, 2.05) is 0 Å². The summed E-state index contributed by atoms with van der Waals surface area (Å²) in [6, 6.07) is 5.59. The Bertz CT molecular complexity index is 911. The second-order valence-electron chi connectivity index (χ2n) is 4.64. The highest BCUT2D eigenvalue weighted by molar-refractivity contribution is 6.31. The van der Waals surface area contributed by atoms with Gasteiger partial charge in [-0.1, -0.05) is 0 Å². The van der Waals surface area contributed by atoms with Crippen molar-refractivity contribution >= 4 is 22.5 Å². The van der Waals surface area contributed by atoms with Crippen molar-refractivity contribution in [1.82, 2.24) is 9.97 Å². The zero-order valence-corrected chi connectivity index (χ0v) is 10.1. The molecule has 0 aliphatic heterocycles. The Kier molecular flexibility index (Phi) is 1.99. The Morgan fingerprint density at radius 2 is 1.90 bits per heavy atom. The third-order valence-corrected chi connectivity index (χ3v) is 3.53. The van der Waals surface area contributed by atoms with Crippen LogP contribution in [0.2, 0.25) is 0 Å². The number of aromatic nitrogens is 2. The Morgan fingerprint density at radius 3 is 2.75 bits per heavy atom. The van der Waals surface area contributed by atoms with Crippen LogP contribution in [0.5, 0.6) is 0 Å². The number of benzene rings is 1. The van der Waals surface area contributed by atoms with E-state index in [0.717, 1.165) is 0 Å². The second-order valence-corrected chi connectivity index (χ2v) is 4.64. The predicted molar refractivity (Wildman–Crippen MR) is 69.4 cm³/mol. The summed E-state index contributed by atoms with van der Waals surface area (Å²) in [4.78, 5) is 31.7. The topological polar surface area (TPSA) is 62.8 Å². The number of halogens is 1. The van der Waals surface area contributed by atoms with Crippen LogP contribution in [0.15, 0.2) is 36.7 Å². The molecule has 2 heterocycles. The van der Waals surface area contributed by atoms with Gasteiger partial charge in [0.05, 0.1) is 16.8 Å². The number of H-pyrrole nitrogens is 1. The molecule has 0 radical (unpaired) electrons. The molecule has 0 spiro atoms. The number of carbonyl (C=O) groups excluding carboxylic acids is 2. The molecular formula is C15H7FN2O2. The lowest BCUT2D eigenvalue weighted by Gasteiger charge is -2.13. The monoisotopic (exact) mass is 266 g/mol. The van der Waals surface area contributed by atoms with Crippen molar-refractivity contribution in [1.29, 1.82) is 0 Å². The minimum atomic E-state index is -0.448. The van der Waals surface area contributed by atoms with Crippen molar-refractivity contribution in [2.45, 2.75) is 0 Å². The lowest BCUT2D eigenvalue weighted by atomic mass is 9.88. The summed E-state index contributed by atoms with van der Waals surface area (Å²) < 4.78 is 13.4. The van der Waals surface area contributed by atoms with Gasteiger partial charge >= 0.3 is 0 Å². The molecule has 4 rings (SSSR count). The maximum atomic E-state index is 13.4. The number of nitrogens with one attached hydrogen (secondary N) is 1. The van der Waals surface area contributed by atoms with Crippen molar-refractivity contribution < 1.29 is 14.0 Å². The zero-order chi connectivity index (χ0) is 13.9. The molecule has 20 heavy (non-hydrogen) atoms. The van der Waals surface area contributed by atoms with Crippen LogP contribution in [0.25, 0.3) is 10.9 Å². The Hall–Kier alpha value is -2.82. The van der Waals surface area contributed by atoms with Gasteiger partial charge in [-0.2, -0.15) is 0 Å². The molecule has 5 heteroatoms. The number of aromatic amines is 1. The molecular weight excluding hydrogens is 259 g/mol. The lowest BCUT2D eigenvalue weighted by Crippen LogP contribution is -2.20. The Labute approximate surface area is 112 Å². The van der Waals surface area contributed by atoms with Crippen LogP contribution in [-0.2, 0) is 0 Å². The summed E-state index contributed by atoms with van der Waals surface area (Å²) >= 11 is 0. The van der Waals surface area contributed by atoms with E-state index in [1.54, 1.807) is 0 Å². The van der Waals surface area contributed by atoms with Crippen LogP contribution in [-0.4, -0.2) is 21.5 Å². The van der Waals surface area contributed by atoms with E-state index in [4.69, 9.17) is 0 Å². The highest BCUT2D eigenvalue weighted by atomic mass is 19.1. The molecule has 1 N–H and O–H groups in total. The van der Waals surface area contributed by atoms with E-state index >= 15 is 0 Å². The van der Waals surface area contributed by atoms with E-state index in [9.17, 15) is 14.0 Å². The number of ketones is 2. The molecule has 0 bridgehead atoms. The van der Waals surface area contributed by atoms with E-state index in [1.165, 1.54) is 36.7 Å². The molecule has 4 nitrogen and oxygen atoms in total. The number of nitrogens with zero attached hydrogens (tertiary/aromatic N) is 1. The van der Waals surface area contributed by atoms with Gasteiger partial charge in [0.25, 0.3) is 0 Å². The molecule has 1 aliphatic rings. The third kappa shape index (κ3) is 1.26. The Balaban J connectivity index is 2.12. The average molecular weight is 266 g/mol.